The SMILES string of the molecule is COC(=O)CCCc1cc2nc(Cl)ccc2n1S(=O)(=O)c1ccccc1C(F)(F)F. The van der Waals surface area contributed by atoms with Crippen molar-refractivity contribution in [1.82, 2.24) is 8.96 Å². The van der Waals surface area contributed by atoms with Crippen LogP contribution >= 0.6 is 11.6 Å². The molecular weight excluding hydrogens is 445 g/mol. The van der Waals surface area contributed by atoms with Crippen LogP contribution in [-0.4, -0.2) is 30.5 Å². The number of halogens is 4. The fourth-order valence-electron chi connectivity index (χ4n) is 3.09. The third-order valence-electron chi connectivity index (χ3n) is 4.40. The van der Waals surface area contributed by atoms with E-state index >= 15 is 0 Å². The molecule has 6 nitrogen and oxygen atoms in total. The second-order valence-corrected chi connectivity index (χ2v) is 8.51. The van der Waals surface area contributed by atoms with Crippen molar-refractivity contribution in [3.63, 3.8) is 0 Å². The van der Waals surface area contributed by atoms with Gasteiger partial charge in [-0.2, -0.15) is 13.2 Å². The number of hydrogen-bond acceptors (Lipinski definition) is 5. The molecule has 0 fully saturated rings. The van der Waals surface area contributed by atoms with Crippen molar-refractivity contribution in [2.45, 2.75) is 30.3 Å². The minimum Gasteiger partial charge on any atom is -0.469 e. The topological polar surface area (TPSA) is 78.3 Å². The van der Waals surface area contributed by atoms with Crippen molar-refractivity contribution in [1.29, 1.82) is 0 Å². The quantitative estimate of drug-likeness (QED) is 0.401. The first-order valence-corrected chi connectivity index (χ1v) is 10.5. The molecule has 0 aliphatic rings. The summed E-state index contributed by atoms with van der Waals surface area (Å²) < 4.78 is 72.5. The molecule has 160 valence electrons. The second kappa shape index (κ2) is 8.27. The highest BCUT2D eigenvalue weighted by molar-refractivity contribution is 7.90. The first kappa shape index (κ1) is 22.1. The van der Waals surface area contributed by atoms with E-state index in [-0.39, 0.29) is 41.1 Å². The normalized spacial score (nSPS) is 12.3. The van der Waals surface area contributed by atoms with Crippen LogP contribution < -0.4 is 0 Å². The van der Waals surface area contributed by atoms with E-state index in [1.807, 2.05) is 0 Å². The summed E-state index contributed by atoms with van der Waals surface area (Å²) in [6.45, 7) is 0. The highest BCUT2D eigenvalue weighted by Crippen LogP contribution is 2.36. The lowest BCUT2D eigenvalue weighted by atomic mass is 10.2. The van der Waals surface area contributed by atoms with Crippen molar-refractivity contribution in [2.75, 3.05) is 7.11 Å². The predicted octanol–water partition coefficient (Wildman–Crippen LogP) is 4.44. The van der Waals surface area contributed by atoms with E-state index in [4.69, 9.17) is 11.6 Å². The molecule has 0 saturated carbocycles. The van der Waals surface area contributed by atoms with Crippen LogP contribution in [0.2, 0.25) is 5.15 Å². The van der Waals surface area contributed by atoms with Crippen LogP contribution in [0.15, 0.2) is 47.4 Å². The number of carbonyl (C=O) groups excluding carboxylic acids is 1. The Morgan fingerprint density at radius 3 is 2.57 bits per heavy atom. The van der Waals surface area contributed by atoms with Gasteiger partial charge < -0.3 is 4.74 Å². The smallest absolute Gasteiger partial charge is 0.417 e. The van der Waals surface area contributed by atoms with E-state index in [0.29, 0.717) is 6.07 Å². The molecule has 0 saturated heterocycles. The molecule has 3 aromatic rings. The van der Waals surface area contributed by atoms with Crippen LogP contribution in [0.4, 0.5) is 13.2 Å². The summed E-state index contributed by atoms with van der Waals surface area (Å²) in [7, 11) is -3.41. The van der Waals surface area contributed by atoms with Crippen molar-refractivity contribution in [3.05, 3.63) is 58.9 Å². The van der Waals surface area contributed by atoms with Gasteiger partial charge in [-0.15, -0.1) is 0 Å². The Kier molecular flexibility index (Phi) is 6.09. The monoisotopic (exact) mass is 460 g/mol. The van der Waals surface area contributed by atoms with E-state index in [9.17, 15) is 26.4 Å². The number of rotatable bonds is 6. The van der Waals surface area contributed by atoms with E-state index in [0.717, 1.165) is 16.1 Å². The van der Waals surface area contributed by atoms with E-state index in [2.05, 4.69) is 9.72 Å². The predicted molar refractivity (Wildman–Crippen MR) is 104 cm³/mol. The molecule has 1 aromatic carbocycles. The molecule has 11 heteroatoms. The maximum absolute atomic E-state index is 13.5. The molecule has 0 amide bonds. The zero-order chi connectivity index (χ0) is 22.1. The van der Waals surface area contributed by atoms with Crippen molar-refractivity contribution in [3.8, 4) is 0 Å². The third-order valence-corrected chi connectivity index (χ3v) is 6.44. The summed E-state index contributed by atoms with van der Waals surface area (Å²) >= 11 is 5.88. The van der Waals surface area contributed by atoms with E-state index < -0.39 is 32.6 Å². The Bertz CT molecular complexity index is 1210. The number of alkyl halides is 3. The summed E-state index contributed by atoms with van der Waals surface area (Å²) in [6.07, 6.45) is -4.52. The maximum atomic E-state index is 13.5. The number of nitrogens with zero attached hydrogens (tertiary/aromatic N) is 2. The number of ether oxygens (including phenoxy) is 1. The molecule has 2 aromatic heterocycles. The maximum Gasteiger partial charge on any atom is 0.417 e. The van der Waals surface area contributed by atoms with Crippen molar-refractivity contribution in [2.24, 2.45) is 0 Å². The van der Waals surface area contributed by atoms with Gasteiger partial charge >= 0.3 is 12.1 Å². The van der Waals surface area contributed by atoms with Gasteiger partial charge in [0.25, 0.3) is 10.0 Å². The van der Waals surface area contributed by atoms with Crippen LogP contribution in [0.5, 0.6) is 0 Å². The number of aryl methyl sites for hydroxylation is 1. The summed E-state index contributed by atoms with van der Waals surface area (Å²) in [4.78, 5) is 14.6. The Hall–Kier alpha value is -2.59. The third kappa shape index (κ3) is 4.29. The van der Waals surface area contributed by atoms with Gasteiger partial charge in [0.15, 0.2) is 0 Å². The summed E-state index contributed by atoms with van der Waals surface area (Å²) in [5, 5.41) is 0.105. The zero-order valence-corrected chi connectivity index (χ0v) is 17.2. The van der Waals surface area contributed by atoms with Crippen LogP contribution in [-0.2, 0) is 32.2 Å². The molecule has 2 heterocycles. The number of benzene rings is 1. The number of pyridine rings is 1. The van der Waals surface area contributed by atoms with Gasteiger partial charge in [-0.1, -0.05) is 23.7 Å². The largest absolute Gasteiger partial charge is 0.469 e. The van der Waals surface area contributed by atoms with Gasteiger partial charge in [-0.3, -0.25) is 4.79 Å². The van der Waals surface area contributed by atoms with Crippen LogP contribution in [0, 0.1) is 0 Å². The number of hydrogen-bond donors (Lipinski definition) is 0. The van der Waals surface area contributed by atoms with Crippen molar-refractivity contribution >= 4 is 38.6 Å². The number of carbonyl (C=O) groups is 1. The highest BCUT2D eigenvalue weighted by Gasteiger charge is 2.38. The number of methoxy groups -OCH3 is 1. The standard InChI is InChI=1S/C19H16ClF3N2O4S/c1-29-18(26)8-4-5-12-11-14-15(9-10-17(20)24-14)25(12)30(27,28)16-7-3-2-6-13(16)19(21,22)23/h2-3,6-7,9-11H,4-5,8H2,1H3. The summed E-state index contributed by atoms with van der Waals surface area (Å²) in [5.41, 5.74) is -0.789. The highest BCUT2D eigenvalue weighted by atomic mass is 35.5. The molecule has 0 atom stereocenters. The first-order chi connectivity index (χ1) is 14.1. The Morgan fingerprint density at radius 2 is 1.90 bits per heavy atom. The lowest BCUT2D eigenvalue weighted by Crippen LogP contribution is -2.20. The molecule has 0 radical (unpaired) electrons. The Labute approximate surface area is 175 Å². The molecule has 3 rings (SSSR count). The number of esters is 1. The van der Waals surface area contributed by atoms with Crippen LogP contribution in [0.25, 0.3) is 11.0 Å². The summed E-state index contributed by atoms with van der Waals surface area (Å²) in [6, 6.07) is 8.13. The molecule has 0 aliphatic heterocycles. The minimum absolute atomic E-state index is 0.0192. The molecule has 0 spiro atoms. The minimum atomic E-state index is -4.86. The number of aromatic nitrogens is 2. The van der Waals surface area contributed by atoms with E-state index in [1.165, 1.54) is 31.4 Å². The molecule has 0 bridgehead atoms. The zero-order valence-electron chi connectivity index (χ0n) is 15.6. The average Bonchev–Trinajstić information content (AvgIpc) is 3.05. The molecule has 0 unspecified atom stereocenters. The van der Waals surface area contributed by atoms with E-state index in [1.54, 1.807) is 0 Å². The van der Waals surface area contributed by atoms with Gasteiger partial charge in [0.1, 0.15) is 10.0 Å². The fourth-order valence-corrected chi connectivity index (χ4v) is 5.02. The lowest BCUT2D eigenvalue weighted by molar-refractivity contribution is -0.141. The van der Waals surface area contributed by atoms with Gasteiger partial charge in [0.2, 0.25) is 0 Å². The molecule has 0 N–H and O–H groups in total. The van der Waals surface area contributed by atoms with Gasteiger partial charge in [0, 0.05) is 12.1 Å². The van der Waals surface area contributed by atoms with Gasteiger partial charge in [-0.25, -0.2) is 17.4 Å². The molecular formula is C19H16ClF3N2O4S. The van der Waals surface area contributed by atoms with Crippen LogP contribution in [0.3, 0.4) is 0 Å². The first-order valence-electron chi connectivity index (χ1n) is 8.71. The fraction of sp³-hybridized carbons (Fsp3) is 0.263. The lowest BCUT2D eigenvalue weighted by Gasteiger charge is -2.16. The Morgan fingerprint density at radius 1 is 1.20 bits per heavy atom. The number of fused-ring (bicyclic) bond motifs is 1. The molecule has 30 heavy (non-hydrogen) atoms. The van der Waals surface area contributed by atoms with Gasteiger partial charge in [-0.05, 0) is 43.2 Å². The second-order valence-electron chi connectivity index (χ2n) is 6.37. The molecule has 0 aliphatic carbocycles. The van der Waals surface area contributed by atoms with Crippen LogP contribution in [0.1, 0.15) is 24.1 Å². The summed E-state index contributed by atoms with van der Waals surface area (Å²) in [5.74, 6) is -0.482. The average molecular weight is 461 g/mol. The Balaban J connectivity index is 2.19. The van der Waals surface area contributed by atoms with Crippen molar-refractivity contribution < 1.29 is 31.1 Å². The van der Waals surface area contributed by atoms with Gasteiger partial charge in [0.05, 0.1) is 23.7 Å².